The molecule has 0 aliphatic heterocycles. The van der Waals surface area contributed by atoms with E-state index in [4.69, 9.17) is 9.47 Å². The molecular weight excluding hydrogens is 224 g/mol. The van der Waals surface area contributed by atoms with Gasteiger partial charge in [-0.25, -0.2) is 0 Å². The van der Waals surface area contributed by atoms with E-state index in [9.17, 15) is 0 Å². The molecule has 0 heterocycles. The smallest absolute Gasteiger partial charge is 0.0704 e. The summed E-state index contributed by atoms with van der Waals surface area (Å²) in [7, 11) is 0. The van der Waals surface area contributed by atoms with Crippen LogP contribution in [-0.4, -0.2) is 25.9 Å². The van der Waals surface area contributed by atoms with Gasteiger partial charge in [-0.3, -0.25) is 0 Å². The van der Waals surface area contributed by atoms with Crippen LogP contribution in [0.4, 0.5) is 0 Å². The largest absolute Gasteiger partial charge is 0.379 e. The summed E-state index contributed by atoms with van der Waals surface area (Å²) >= 11 is 0. The number of allylic oxidation sites excluding steroid dienone is 2. The van der Waals surface area contributed by atoms with Crippen molar-refractivity contribution >= 4 is 0 Å². The minimum atomic E-state index is 0.492. The zero-order valence-electron chi connectivity index (χ0n) is 12.0. The van der Waals surface area contributed by atoms with Crippen molar-refractivity contribution in [3.8, 4) is 0 Å². The molecule has 0 aromatic heterocycles. The first-order valence-electron chi connectivity index (χ1n) is 7.60. The molecule has 0 N–H and O–H groups in total. The Morgan fingerprint density at radius 3 is 2.83 bits per heavy atom. The van der Waals surface area contributed by atoms with Crippen molar-refractivity contribution < 1.29 is 9.47 Å². The Balaban J connectivity index is 1.70. The van der Waals surface area contributed by atoms with Gasteiger partial charge in [0.05, 0.1) is 19.3 Å². The summed E-state index contributed by atoms with van der Waals surface area (Å²) in [6, 6.07) is 0. The predicted octanol–water partition coefficient (Wildman–Crippen LogP) is 3.95. The lowest BCUT2D eigenvalue weighted by molar-refractivity contribution is -0.148. The molecule has 0 radical (unpaired) electrons. The SMILES string of the molecule is CCCOCCO[C@@H]1C[C@@]2(C)CC/C=C/CC[C@@H]12. The normalized spacial score (nSPS) is 37.2. The lowest BCUT2D eigenvalue weighted by atomic mass is 9.55. The molecule has 3 atom stereocenters. The predicted molar refractivity (Wildman–Crippen MR) is 74.7 cm³/mol. The third kappa shape index (κ3) is 3.36. The van der Waals surface area contributed by atoms with Crippen LogP contribution in [0.5, 0.6) is 0 Å². The van der Waals surface area contributed by atoms with Gasteiger partial charge in [0.2, 0.25) is 0 Å². The fraction of sp³-hybridized carbons (Fsp3) is 0.875. The van der Waals surface area contributed by atoms with Gasteiger partial charge >= 0.3 is 0 Å². The highest BCUT2D eigenvalue weighted by molar-refractivity contribution is 5.03. The number of fused-ring (bicyclic) bond motifs is 1. The van der Waals surface area contributed by atoms with Crippen molar-refractivity contribution in [2.45, 2.75) is 58.5 Å². The second kappa shape index (κ2) is 6.72. The van der Waals surface area contributed by atoms with Crippen molar-refractivity contribution in [1.29, 1.82) is 0 Å². The second-order valence-electron chi connectivity index (χ2n) is 6.07. The number of ether oxygens (including phenoxy) is 2. The maximum Gasteiger partial charge on any atom is 0.0704 e. The van der Waals surface area contributed by atoms with Gasteiger partial charge in [-0.05, 0) is 49.9 Å². The summed E-state index contributed by atoms with van der Waals surface area (Å²) in [5, 5.41) is 0. The van der Waals surface area contributed by atoms with Gasteiger partial charge in [-0.1, -0.05) is 26.0 Å². The quantitative estimate of drug-likeness (QED) is 0.526. The van der Waals surface area contributed by atoms with Gasteiger partial charge in [0.25, 0.3) is 0 Å². The summed E-state index contributed by atoms with van der Waals surface area (Å²) in [4.78, 5) is 0. The highest BCUT2D eigenvalue weighted by Gasteiger charge is 2.49. The molecule has 2 aliphatic carbocycles. The van der Waals surface area contributed by atoms with Crippen LogP contribution in [0.3, 0.4) is 0 Å². The molecule has 0 amide bonds. The summed E-state index contributed by atoms with van der Waals surface area (Å²) in [5.74, 6) is 0.772. The van der Waals surface area contributed by atoms with E-state index in [-0.39, 0.29) is 0 Å². The van der Waals surface area contributed by atoms with Crippen molar-refractivity contribution in [1.82, 2.24) is 0 Å². The first-order valence-corrected chi connectivity index (χ1v) is 7.60. The van der Waals surface area contributed by atoms with Gasteiger partial charge in [-0.2, -0.15) is 0 Å². The van der Waals surface area contributed by atoms with E-state index < -0.39 is 0 Å². The molecule has 2 aliphatic rings. The second-order valence-corrected chi connectivity index (χ2v) is 6.07. The molecule has 2 heteroatoms. The van der Waals surface area contributed by atoms with E-state index in [0.29, 0.717) is 11.5 Å². The summed E-state index contributed by atoms with van der Waals surface area (Å²) in [6.45, 7) is 6.98. The van der Waals surface area contributed by atoms with E-state index in [0.717, 1.165) is 32.2 Å². The molecule has 0 spiro atoms. The third-order valence-corrected chi connectivity index (χ3v) is 4.61. The van der Waals surface area contributed by atoms with Crippen LogP contribution >= 0.6 is 0 Å². The number of rotatable bonds is 6. The Morgan fingerprint density at radius 2 is 2.00 bits per heavy atom. The Labute approximate surface area is 112 Å². The Morgan fingerprint density at radius 1 is 1.17 bits per heavy atom. The first kappa shape index (κ1) is 14.1. The molecule has 1 fully saturated rings. The van der Waals surface area contributed by atoms with Crippen LogP contribution < -0.4 is 0 Å². The van der Waals surface area contributed by atoms with Gasteiger partial charge in [0.1, 0.15) is 0 Å². The zero-order valence-corrected chi connectivity index (χ0v) is 12.0. The van der Waals surface area contributed by atoms with Crippen LogP contribution in [0.15, 0.2) is 12.2 Å². The van der Waals surface area contributed by atoms with Crippen molar-refractivity contribution in [2.24, 2.45) is 11.3 Å². The summed E-state index contributed by atoms with van der Waals surface area (Å²) in [6.07, 6.45) is 12.6. The van der Waals surface area contributed by atoms with E-state index >= 15 is 0 Å². The minimum absolute atomic E-state index is 0.492. The monoisotopic (exact) mass is 252 g/mol. The minimum Gasteiger partial charge on any atom is -0.379 e. The Kier molecular flexibility index (Phi) is 5.25. The zero-order chi connectivity index (χ0) is 12.8. The molecule has 0 bridgehead atoms. The van der Waals surface area contributed by atoms with Crippen molar-refractivity contribution in [2.75, 3.05) is 19.8 Å². The van der Waals surface area contributed by atoms with Gasteiger partial charge in [0.15, 0.2) is 0 Å². The van der Waals surface area contributed by atoms with E-state index in [1.165, 1.54) is 32.1 Å². The molecule has 0 unspecified atom stereocenters. The highest BCUT2D eigenvalue weighted by atomic mass is 16.5. The molecule has 1 saturated carbocycles. The maximum absolute atomic E-state index is 6.01. The third-order valence-electron chi connectivity index (χ3n) is 4.61. The lowest BCUT2D eigenvalue weighted by Gasteiger charge is -2.54. The lowest BCUT2D eigenvalue weighted by Crippen LogP contribution is -2.51. The molecule has 104 valence electrons. The summed E-state index contributed by atoms with van der Waals surface area (Å²) in [5.41, 5.74) is 0.541. The Bertz CT molecular complexity index is 274. The van der Waals surface area contributed by atoms with Gasteiger partial charge < -0.3 is 9.47 Å². The first-order chi connectivity index (χ1) is 8.76. The number of hydrogen-bond acceptors (Lipinski definition) is 2. The molecule has 0 aromatic carbocycles. The van der Waals surface area contributed by atoms with Gasteiger partial charge in [-0.15, -0.1) is 0 Å². The highest BCUT2D eigenvalue weighted by Crippen LogP contribution is 2.53. The van der Waals surface area contributed by atoms with Crippen molar-refractivity contribution in [3.63, 3.8) is 0 Å². The van der Waals surface area contributed by atoms with Crippen LogP contribution in [0, 0.1) is 11.3 Å². The summed E-state index contributed by atoms with van der Waals surface area (Å²) < 4.78 is 11.5. The standard InChI is InChI=1S/C16H28O2/c1-3-10-17-11-12-18-15-13-16(2)9-7-5-4-6-8-14(15)16/h4-5,14-15H,3,6-13H2,1-2H3/b5-4+/t14-,15+,16+/m0/s1. The molecule has 0 aromatic rings. The topological polar surface area (TPSA) is 18.5 Å². The average Bonchev–Trinajstić information content (AvgIpc) is 2.34. The van der Waals surface area contributed by atoms with Crippen LogP contribution in [0.1, 0.15) is 52.4 Å². The average molecular weight is 252 g/mol. The number of hydrogen-bond donors (Lipinski definition) is 0. The molecule has 0 saturated heterocycles. The van der Waals surface area contributed by atoms with Gasteiger partial charge in [0, 0.05) is 6.61 Å². The van der Waals surface area contributed by atoms with E-state index in [1.807, 2.05) is 0 Å². The molecular formula is C16H28O2. The fourth-order valence-corrected chi connectivity index (χ4v) is 3.47. The maximum atomic E-state index is 6.01. The van der Waals surface area contributed by atoms with Crippen molar-refractivity contribution in [3.05, 3.63) is 12.2 Å². The van der Waals surface area contributed by atoms with E-state index in [2.05, 4.69) is 26.0 Å². The molecule has 18 heavy (non-hydrogen) atoms. The van der Waals surface area contributed by atoms with Crippen LogP contribution in [0.25, 0.3) is 0 Å². The fourth-order valence-electron chi connectivity index (χ4n) is 3.47. The van der Waals surface area contributed by atoms with Crippen LogP contribution in [0.2, 0.25) is 0 Å². The molecule has 2 rings (SSSR count). The Hall–Kier alpha value is -0.340. The van der Waals surface area contributed by atoms with Crippen LogP contribution in [-0.2, 0) is 9.47 Å². The molecule has 2 nitrogen and oxygen atoms in total. The van der Waals surface area contributed by atoms with E-state index in [1.54, 1.807) is 0 Å².